The fraction of sp³-hybridized carbons (Fsp3) is 0.575. The largest absolute Gasteiger partial charge is 0.349 e. The molecule has 0 aromatic carbocycles. The molecule has 2 aromatic rings. The van der Waals surface area contributed by atoms with Crippen molar-refractivity contribution in [3.05, 3.63) is 43.2 Å². The van der Waals surface area contributed by atoms with E-state index in [9.17, 15) is 19.2 Å². The predicted molar refractivity (Wildman–Crippen MR) is 222 cm³/mol. The zero-order valence-electron chi connectivity index (χ0n) is 33.2. The highest BCUT2D eigenvalue weighted by atomic mass is 32.2. The van der Waals surface area contributed by atoms with Crippen LogP contribution in [0.5, 0.6) is 0 Å². The number of hydrogen-bond acceptors (Lipinski definition) is 9. The summed E-state index contributed by atoms with van der Waals surface area (Å²) in [5.41, 5.74) is 5.15. The number of rotatable bonds is 10. The highest BCUT2D eigenvalue weighted by molar-refractivity contribution is 8.13. The molecule has 2 aromatic heterocycles. The monoisotopic (exact) mass is 757 g/mol. The first-order valence-electron chi connectivity index (χ1n) is 18.0. The lowest BCUT2D eigenvalue weighted by Gasteiger charge is -2.17. The van der Waals surface area contributed by atoms with Gasteiger partial charge in [-0.25, -0.2) is 4.98 Å². The minimum atomic E-state index is -0.389. The number of terminal acetylenes is 1. The zero-order chi connectivity index (χ0) is 41.0. The van der Waals surface area contributed by atoms with Crippen LogP contribution in [0, 0.1) is 30.6 Å². The molecule has 3 saturated carbocycles. The number of carbonyl (C=O) groups is 5. The number of likely N-dealkylation sites (tertiary alicyclic amines) is 1. The van der Waals surface area contributed by atoms with Crippen molar-refractivity contribution in [3.63, 3.8) is 0 Å². The number of carbonyl (C=O) groups excluding carboxylic acids is 5. The highest BCUT2D eigenvalue weighted by Crippen LogP contribution is 2.45. The molecule has 0 radical (unpaired) electrons. The average molecular weight is 758 g/mol. The number of aldehydes is 2. The Morgan fingerprint density at radius 1 is 1.09 bits per heavy atom. The zero-order valence-corrected chi connectivity index (χ0v) is 34.0. The third-order valence-electron chi connectivity index (χ3n) is 8.22. The van der Waals surface area contributed by atoms with Gasteiger partial charge in [-0.05, 0) is 103 Å². The molecule has 2 amide bonds. The number of hydrogen-bond donors (Lipinski definition) is 4. The van der Waals surface area contributed by atoms with E-state index in [0.717, 1.165) is 37.2 Å². The van der Waals surface area contributed by atoms with Crippen LogP contribution in [0.3, 0.4) is 0 Å². The quantitative estimate of drug-likeness (QED) is 0.120. The number of nitrogens with zero attached hydrogens (tertiary/aromatic N) is 3. The van der Waals surface area contributed by atoms with Crippen molar-refractivity contribution in [2.24, 2.45) is 30.5 Å². The van der Waals surface area contributed by atoms with E-state index in [2.05, 4.69) is 89.2 Å². The number of nitrogens with two attached hydrogens (primary N) is 1. The Bertz CT molecular complexity index is 1390. The second-order valence-corrected chi connectivity index (χ2v) is 15.1. The van der Waals surface area contributed by atoms with E-state index in [1.807, 2.05) is 57.0 Å². The van der Waals surface area contributed by atoms with Gasteiger partial charge in [-0.3, -0.25) is 14.5 Å². The summed E-state index contributed by atoms with van der Waals surface area (Å²) in [5.74, 6) is 5.83. The molecule has 1 saturated heterocycles. The number of pyridine rings is 1. The Labute approximate surface area is 321 Å². The fourth-order valence-corrected chi connectivity index (χ4v) is 6.19. The molecular formula is C40H67N7O5S. The molecule has 298 valence electrons. The summed E-state index contributed by atoms with van der Waals surface area (Å²) in [6.45, 7) is 13.5. The third-order valence-corrected chi connectivity index (χ3v) is 9.94. The van der Waals surface area contributed by atoms with Crippen LogP contribution >= 0.6 is 10.7 Å². The molecule has 6 rings (SSSR count). The lowest BCUT2D eigenvalue weighted by molar-refractivity contribution is -0.123. The van der Waals surface area contributed by atoms with Gasteiger partial charge in [-0.2, -0.15) is 0 Å². The lowest BCUT2D eigenvalue weighted by atomic mass is 10.2. The fourth-order valence-electron chi connectivity index (χ4n) is 4.90. The van der Waals surface area contributed by atoms with Gasteiger partial charge in [0.25, 0.3) is 0 Å². The first-order valence-corrected chi connectivity index (χ1v) is 19.4. The number of aryl methyl sites for hydroxylation is 1. The molecule has 12 nitrogen and oxygen atoms in total. The van der Waals surface area contributed by atoms with Gasteiger partial charge in [-0.1, -0.05) is 43.4 Å². The normalized spacial score (nSPS) is 20.7. The summed E-state index contributed by atoms with van der Waals surface area (Å²) in [5, 5.41) is 7.44. The van der Waals surface area contributed by atoms with E-state index in [1.165, 1.54) is 44.5 Å². The van der Waals surface area contributed by atoms with Gasteiger partial charge in [0.15, 0.2) is 0 Å². The minimum Gasteiger partial charge on any atom is -0.349 e. The third kappa shape index (κ3) is 20.8. The number of fused-ring (bicyclic) bond motifs is 1. The minimum absolute atomic E-state index is 0.00889. The van der Waals surface area contributed by atoms with Crippen LogP contribution in [0.4, 0.5) is 0 Å². The van der Waals surface area contributed by atoms with E-state index in [-0.39, 0.29) is 46.5 Å². The van der Waals surface area contributed by atoms with Crippen molar-refractivity contribution in [1.82, 2.24) is 29.8 Å². The molecular weight excluding hydrogens is 691 g/mol. The maximum atomic E-state index is 12.0. The Morgan fingerprint density at radius 2 is 1.70 bits per heavy atom. The van der Waals surface area contributed by atoms with Crippen molar-refractivity contribution < 1.29 is 24.0 Å². The Balaban J connectivity index is 0. The maximum Gasteiger partial charge on any atom is 0.250 e. The number of nitrogens with one attached hydrogen (secondary N) is 3. The maximum absolute atomic E-state index is 12.0. The second kappa shape index (κ2) is 29.5. The summed E-state index contributed by atoms with van der Waals surface area (Å²) in [6.07, 6.45) is 23.9. The molecule has 3 unspecified atom stereocenters. The van der Waals surface area contributed by atoms with Gasteiger partial charge < -0.3 is 40.0 Å². The van der Waals surface area contributed by atoms with Crippen LogP contribution in [-0.2, 0) is 31.0 Å². The van der Waals surface area contributed by atoms with E-state index >= 15 is 0 Å². The summed E-state index contributed by atoms with van der Waals surface area (Å²) in [6, 6.07) is 6.28. The first-order chi connectivity index (χ1) is 25.4. The number of likely N-dealkylation sites (N-methyl/N-ethyl adjacent to an activating group) is 2. The summed E-state index contributed by atoms with van der Waals surface area (Å²) in [4.78, 5) is 57.1. The van der Waals surface area contributed by atoms with Crippen LogP contribution in [-0.4, -0.2) is 103 Å². The topological polar surface area (TPSA) is 169 Å². The molecule has 0 bridgehead atoms. The molecule has 1 aliphatic heterocycles. The molecule has 4 fully saturated rings. The van der Waals surface area contributed by atoms with E-state index in [4.69, 9.17) is 4.79 Å². The summed E-state index contributed by atoms with van der Waals surface area (Å²) < 4.78 is 5.04. The van der Waals surface area contributed by atoms with Crippen molar-refractivity contribution in [2.45, 2.75) is 89.0 Å². The van der Waals surface area contributed by atoms with E-state index in [0.29, 0.717) is 23.9 Å². The summed E-state index contributed by atoms with van der Waals surface area (Å²) >= 11 is 0. The van der Waals surface area contributed by atoms with Crippen molar-refractivity contribution in [2.75, 3.05) is 34.2 Å². The van der Waals surface area contributed by atoms with Crippen LogP contribution in [0.2, 0.25) is 0 Å². The highest BCUT2D eigenvalue weighted by Gasteiger charge is 2.57. The lowest BCUT2D eigenvalue weighted by Crippen LogP contribution is -2.44. The van der Waals surface area contributed by atoms with Gasteiger partial charge in [0.2, 0.25) is 11.8 Å². The molecule has 4 aliphatic rings. The van der Waals surface area contributed by atoms with Gasteiger partial charge in [0.05, 0.1) is 12.6 Å². The van der Waals surface area contributed by atoms with Crippen LogP contribution in [0.25, 0.3) is 11.0 Å². The average Bonchev–Trinajstić information content (AvgIpc) is 4.11. The predicted octanol–water partition coefficient (Wildman–Crippen LogP) is 4.30. The van der Waals surface area contributed by atoms with Crippen molar-refractivity contribution in [1.29, 1.82) is 0 Å². The smallest absolute Gasteiger partial charge is 0.250 e. The van der Waals surface area contributed by atoms with Crippen molar-refractivity contribution in [3.8, 4) is 12.8 Å². The van der Waals surface area contributed by atoms with Crippen LogP contribution in [0.15, 0.2) is 43.2 Å². The van der Waals surface area contributed by atoms with Crippen LogP contribution < -0.4 is 21.1 Å². The van der Waals surface area contributed by atoms with Crippen molar-refractivity contribution >= 4 is 58.7 Å². The second-order valence-electron chi connectivity index (χ2n) is 13.3. The van der Waals surface area contributed by atoms with Gasteiger partial charge in [-0.15, -0.1) is 19.4 Å². The molecule has 4 atom stereocenters. The molecule has 53 heavy (non-hydrogen) atoms. The molecule has 13 heteroatoms. The number of aromatic nitrogens is 2. The molecule has 0 spiro atoms. The van der Waals surface area contributed by atoms with E-state index < -0.39 is 0 Å². The van der Waals surface area contributed by atoms with E-state index in [1.54, 1.807) is 0 Å². The van der Waals surface area contributed by atoms with Gasteiger partial charge >= 0.3 is 0 Å². The molecule has 3 heterocycles. The first kappa shape index (κ1) is 51.1. The molecule has 3 aliphatic carbocycles. The standard InChI is InChI=1S/C11H18N2OS.C8H8N2.C7H11NO2.C6H11NO.C4H10.C2H2.CH5N.CH2O/c1-4-8-7-11(8,12-2)10(14)13-15(3)9-5-6-9;1-10-6-4-7-3-2-5-9-8(7)10;9-4-3-8-7(10)5-6-1-2-6;1-7-4-2-3-6(7)5-8;1-4(2)3;3*1-2/h4,8-9,12H,1,3,5-7H2,2H3,(H,13,14);2-6H,1H3;4,6H,1-3,5H2,(H,8,10);5-6H,2-4H2,1H3;4H,1-3H3;1-2H;2H2,1H3;1H2/t;;;6-;;;;/m...0..../s1. The van der Waals surface area contributed by atoms with Gasteiger partial charge in [0.1, 0.15) is 30.5 Å². The van der Waals surface area contributed by atoms with Gasteiger partial charge in [0, 0.05) is 42.4 Å². The number of amides is 2. The Morgan fingerprint density at radius 3 is 2.09 bits per heavy atom. The Hall–Kier alpha value is -3.96. The molecule has 5 N–H and O–H groups in total. The van der Waals surface area contributed by atoms with Crippen LogP contribution in [0.1, 0.15) is 72.1 Å². The summed E-state index contributed by atoms with van der Waals surface area (Å²) in [7, 11) is 7.13. The SMILES string of the molecule is C#C.C=CC1CC1(NC)C(=O)NS(=C)C1CC1.C=O.CC(C)C.CN.CN1CCC[C@H]1C=O.Cn1ccc2cccnc21.O=CCNC(=O)CC1CC1. The Kier molecular flexibility index (Phi) is 28.5.